The van der Waals surface area contributed by atoms with Gasteiger partial charge in [0.2, 0.25) is 0 Å². The monoisotopic (exact) mass is 355 g/mol. The Morgan fingerprint density at radius 3 is 3.08 bits per heavy atom. The van der Waals surface area contributed by atoms with Gasteiger partial charge in [0.05, 0.1) is 23.4 Å². The number of nitriles is 1. The molecule has 0 aliphatic carbocycles. The van der Waals surface area contributed by atoms with Crippen LogP contribution in [0.1, 0.15) is 16.5 Å². The number of halogens is 1. The second kappa shape index (κ2) is 6.40. The molecule has 2 aromatic heterocycles. The highest BCUT2D eigenvalue weighted by Gasteiger charge is 2.26. The molecule has 0 N–H and O–H groups in total. The molecule has 1 unspecified atom stereocenters. The third-order valence-corrected chi connectivity index (χ3v) is 5.36. The Kier molecular flexibility index (Phi) is 4.11. The maximum Gasteiger partial charge on any atom is 0.109 e. The molecule has 0 bridgehead atoms. The molecule has 1 saturated heterocycles. The number of nitrogens with zero attached hydrogens (tertiary/aromatic N) is 3. The van der Waals surface area contributed by atoms with Crippen molar-refractivity contribution < 1.29 is 4.74 Å². The Balaban J connectivity index is 1.80. The average molecular weight is 356 g/mol. The smallest absolute Gasteiger partial charge is 0.109 e. The molecule has 4 nitrogen and oxygen atoms in total. The molecule has 1 aliphatic heterocycles. The minimum absolute atomic E-state index is 0.0210. The van der Waals surface area contributed by atoms with Crippen LogP contribution in [0.15, 0.2) is 41.9 Å². The Morgan fingerprint density at radius 2 is 2.29 bits per heavy atom. The van der Waals surface area contributed by atoms with Gasteiger partial charge in [0.15, 0.2) is 0 Å². The molecular formula is C18H14ClN3OS. The lowest BCUT2D eigenvalue weighted by Gasteiger charge is -2.35. The zero-order valence-electron chi connectivity index (χ0n) is 12.8. The Morgan fingerprint density at radius 1 is 1.38 bits per heavy atom. The lowest BCUT2D eigenvalue weighted by Crippen LogP contribution is -2.38. The number of morpholine rings is 1. The van der Waals surface area contributed by atoms with Crippen LogP contribution in [0.2, 0.25) is 5.02 Å². The maximum atomic E-state index is 9.55. The van der Waals surface area contributed by atoms with E-state index in [1.54, 1.807) is 17.5 Å². The van der Waals surface area contributed by atoms with E-state index in [2.05, 4.69) is 27.4 Å². The number of thiophene rings is 1. The van der Waals surface area contributed by atoms with E-state index in [0.29, 0.717) is 23.7 Å². The van der Waals surface area contributed by atoms with Gasteiger partial charge >= 0.3 is 0 Å². The minimum Gasteiger partial charge on any atom is -0.369 e. The highest BCUT2D eigenvalue weighted by molar-refractivity contribution is 7.10. The maximum absolute atomic E-state index is 9.55. The second-order valence-electron chi connectivity index (χ2n) is 5.61. The van der Waals surface area contributed by atoms with Crippen LogP contribution in [0.25, 0.3) is 10.9 Å². The summed E-state index contributed by atoms with van der Waals surface area (Å²) < 4.78 is 5.93. The van der Waals surface area contributed by atoms with Crippen molar-refractivity contribution in [1.82, 2.24) is 4.98 Å². The van der Waals surface area contributed by atoms with E-state index in [1.165, 1.54) is 4.88 Å². The number of hydrogen-bond donors (Lipinski definition) is 0. The van der Waals surface area contributed by atoms with E-state index in [4.69, 9.17) is 16.3 Å². The first-order chi connectivity index (χ1) is 11.8. The van der Waals surface area contributed by atoms with E-state index in [0.717, 1.165) is 23.1 Å². The summed E-state index contributed by atoms with van der Waals surface area (Å²) in [5, 5.41) is 13.2. The van der Waals surface area contributed by atoms with Crippen molar-refractivity contribution in [3.8, 4) is 6.07 Å². The van der Waals surface area contributed by atoms with Crippen LogP contribution < -0.4 is 4.90 Å². The Labute approximate surface area is 148 Å². The Hall–Kier alpha value is -2.13. The van der Waals surface area contributed by atoms with E-state index in [-0.39, 0.29) is 6.10 Å². The van der Waals surface area contributed by atoms with Crippen molar-refractivity contribution in [2.45, 2.75) is 6.10 Å². The Bertz CT molecular complexity index is 920. The van der Waals surface area contributed by atoms with Gasteiger partial charge < -0.3 is 9.64 Å². The zero-order valence-corrected chi connectivity index (χ0v) is 14.3. The molecule has 0 radical (unpaired) electrons. The first-order valence-corrected chi connectivity index (χ1v) is 8.90. The lowest BCUT2D eigenvalue weighted by molar-refractivity contribution is 0.0422. The second-order valence-corrected chi connectivity index (χ2v) is 7.03. The highest BCUT2D eigenvalue weighted by atomic mass is 35.5. The molecule has 0 spiro atoms. The van der Waals surface area contributed by atoms with Gasteiger partial charge in [-0.05, 0) is 29.6 Å². The fourth-order valence-electron chi connectivity index (χ4n) is 3.07. The fraction of sp³-hybridized carbons (Fsp3) is 0.222. The summed E-state index contributed by atoms with van der Waals surface area (Å²) in [4.78, 5) is 7.80. The van der Waals surface area contributed by atoms with Crippen molar-refractivity contribution in [3.63, 3.8) is 0 Å². The summed E-state index contributed by atoms with van der Waals surface area (Å²) in [5.74, 6) is 0. The number of anilines is 1. The molecule has 4 rings (SSSR count). The topological polar surface area (TPSA) is 49.2 Å². The average Bonchev–Trinajstić information content (AvgIpc) is 3.15. The predicted molar refractivity (Wildman–Crippen MR) is 96.7 cm³/mol. The van der Waals surface area contributed by atoms with E-state index >= 15 is 0 Å². The molecule has 24 heavy (non-hydrogen) atoms. The van der Waals surface area contributed by atoms with Crippen LogP contribution in [0.3, 0.4) is 0 Å². The molecule has 120 valence electrons. The van der Waals surface area contributed by atoms with Crippen LogP contribution in [0, 0.1) is 11.3 Å². The van der Waals surface area contributed by atoms with Gasteiger partial charge in [0.1, 0.15) is 12.2 Å². The first-order valence-electron chi connectivity index (χ1n) is 7.64. The van der Waals surface area contributed by atoms with Gasteiger partial charge in [-0.3, -0.25) is 4.98 Å². The number of fused-ring (bicyclic) bond motifs is 1. The highest BCUT2D eigenvalue weighted by Crippen LogP contribution is 2.35. The molecule has 0 amide bonds. The predicted octanol–water partition coefficient (Wildman–Crippen LogP) is 4.40. The molecule has 6 heteroatoms. The number of pyridine rings is 1. The van der Waals surface area contributed by atoms with Crippen LogP contribution in [0.5, 0.6) is 0 Å². The van der Waals surface area contributed by atoms with Gasteiger partial charge in [-0.15, -0.1) is 11.3 Å². The van der Waals surface area contributed by atoms with Crippen LogP contribution in [-0.2, 0) is 4.74 Å². The number of rotatable bonds is 2. The first kappa shape index (κ1) is 15.4. The lowest BCUT2D eigenvalue weighted by atomic mass is 10.1. The summed E-state index contributed by atoms with van der Waals surface area (Å²) in [5.41, 5.74) is 2.30. The van der Waals surface area contributed by atoms with Gasteiger partial charge in [-0.25, -0.2) is 0 Å². The standard InChI is InChI=1S/C18H14ClN3OS/c19-13-3-4-15-14(8-13)18(12(9-20)10-21-15)22-5-6-23-16(11-22)17-2-1-7-24-17/h1-4,7-8,10,16H,5-6,11H2. The quantitative estimate of drug-likeness (QED) is 0.683. The van der Waals surface area contributed by atoms with E-state index in [9.17, 15) is 5.26 Å². The molecule has 1 aromatic carbocycles. The summed E-state index contributed by atoms with van der Waals surface area (Å²) >= 11 is 7.88. The van der Waals surface area contributed by atoms with E-state index < -0.39 is 0 Å². The molecule has 1 atom stereocenters. The summed E-state index contributed by atoms with van der Waals surface area (Å²) in [7, 11) is 0. The van der Waals surface area contributed by atoms with E-state index in [1.807, 2.05) is 24.3 Å². The van der Waals surface area contributed by atoms with Crippen LogP contribution >= 0.6 is 22.9 Å². The molecular weight excluding hydrogens is 342 g/mol. The van der Waals surface area contributed by atoms with Crippen molar-refractivity contribution in [1.29, 1.82) is 5.26 Å². The number of ether oxygens (including phenoxy) is 1. The van der Waals surface area contributed by atoms with Crippen molar-refractivity contribution in [3.05, 3.63) is 57.4 Å². The van der Waals surface area contributed by atoms with Crippen molar-refractivity contribution in [2.75, 3.05) is 24.6 Å². The number of aromatic nitrogens is 1. The van der Waals surface area contributed by atoms with Gasteiger partial charge in [0, 0.05) is 34.6 Å². The largest absolute Gasteiger partial charge is 0.369 e. The molecule has 3 heterocycles. The normalized spacial score (nSPS) is 17.8. The van der Waals surface area contributed by atoms with Crippen LogP contribution in [0.4, 0.5) is 5.69 Å². The molecule has 1 aliphatic rings. The van der Waals surface area contributed by atoms with Gasteiger partial charge in [-0.1, -0.05) is 17.7 Å². The van der Waals surface area contributed by atoms with Crippen LogP contribution in [-0.4, -0.2) is 24.7 Å². The minimum atomic E-state index is 0.0210. The van der Waals surface area contributed by atoms with Gasteiger partial charge in [0.25, 0.3) is 0 Å². The summed E-state index contributed by atoms with van der Waals surface area (Å²) in [6, 6.07) is 12.0. The fourth-order valence-corrected chi connectivity index (χ4v) is 4.01. The number of benzene rings is 1. The third kappa shape index (κ3) is 2.73. The zero-order chi connectivity index (χ0) is 16.5. The van der Waals surface area contributed by atoms with Crippen molar-refractivity contribution in [2.24, 2.45) is 0 Å². The number of hydrogen-bond acceptors (Lipinski definition) is 5. The summed E-state index contributed by atoms with van der Waals surface area (Å²) in [6.07, 6.45) is 1.66. The van der Waals surface area contributed by atoms with Crippen molar-refractivity contribution >= 4 is 39.5 Å². The SMILES string of the molecule is N#Cc1cnc2ccc(Cl)cc2c1N1CCOC(c2cccs2)C1. The van der Waals surface area contributed by atoms with Gasteiger partial charge in [-0.2, -0.15) is 5.26 Å². The molecule has 0 saturated carbocycles. The molecule has 3 aromatic rings. The third-order valence-electron chi connectivity index (χ3n) is 4.17. The molecule has 1 fully saturated rings. The summed E-state index contributed by atoms with van der Waals surface area (Å²) in [6.45, 7) is 2.07.